The molecule has 1 rings (SSSR count). The van der Waals surface area contributed by atoms with Crippen LogP contribution in [0.3, 0.4) is 0 Å². The number of nitrogens with zero attached hydrogens (tertiary/aromatic N) is 1. The van der Waals surface area contributed by atoms with Gasteiger partial charge in [0.2, 0.25) is 10.0 Å². The van der Waals surface area contributed by atoms with Crippen LogP contribution >= 0.6 is 0 Å². The van der Waals surface area contributed by atoms with Gasteiger partial charge in [-0.05, 0) is 13.3 Å². The van der Waals surface area contributed by atoms with Crippen LogP contribution in [-0.2, 0) is 14.8 Å². The molecule has 1 N–H and O–H groups in total. The number of hydrogen-bond donors (Lipinski definition) is 1. The molecular weight excluding hydrogens is 228 g/mol. The van der Waals surface area contributed by atoms with Crippen LogP contribution in [0.1, 0.15) is 27.2 Å². The summed E-state index contributed by atoms with van der Waals surface area (Å²) in [5.41, 5.74) is -0.210. The fourth-order valence-corrected chi connectivity index (χ4v) is 3.00. The van der Waals surface area contributed by atoms with E-state index in [1.165, 1.54) is 0 Å². The highest BCUT2D eigenvalue weighted by Gasteiger charge is 2.50. The summed E-state index contributed by atoms with van der Waals surface area (Å²) in [7, 11) is -3.47. The molecule has 0 bridgehead atoms. The molecule has 0 aliphatic heterocycles. The Balaban J connectivity index is 2.58. The molecule has 0 radical (unpaired) electrons. The lowest BCUT2D eigenvalue weighted by atomic mass is 9.65. The number of ether oxygens (including phenoxy) is 1. The van der Waals surface area contributed by atoms with Crippen molar-refractivity contribution < 1.29 is 13.2 Å². The van der Waals surface area contributed by atoms with E-state index in [4.69, 9.17) is 10.00 Å². The Morgan fingerprint density at radius 2 is 2.19 bits per heavy atom. The largest absolute Gasteiger partial charge is 0.378 e. The first kappa shape index (κ1) is 13.4. The first-order valence-corrected chi connectivity index (χ1v) is 6.97. The zero-order valence-electron chi connectivity index (χ0n) is 9.86. The van der Waals surface area contributed by atoms with E-state index < -0.39 is 15.8 Å². The molecule has 1 fully saturated rings. The van der Waals surface area contributed by atoms with E-state index in [1.54, 1.807) is 6.07 Å². The zero-order chi connectivity index (χ0) is 12.4. The van der Waals surface area contributed by atoms with Crippen LogP contribution in [0.2, 0.25) is 0 Å². The van der Waals surface area contributed by atoms with Crippen molar-refractivity contribution in [2.24, 2.45) is 5.41 Å². The summed E-state index contributed by atoms with van der Waals surface area (Å²) in [5, 5.41) is 8.38. The molecule has 2 atom stereocenters. The fraction of sp³-hybridized carbons (Fsp3) is 0.900. The summed E-state index contributed by atoms with van der Waals surface area (Å²) in [6.45, 7) is 6.49. The van der Waals surface area contributed by atoms with E-state index in [1.807, 2.05) is 20.8 Å². The van der Waals surface area contributed by atoms with Gasteiger partial charge in [-0.15, -0.1) is 0 Å². The second kappa shape index (κ2) is 4.70. The van der Waals surface area contributed by atoms with Gasteiger partial charge in [-0.2, -0.15) is 5.26 Å². The molecule has 1 aliphatic carbocycles. The molecular formula is C10H18N2O3S. The lowest BCUT2D eigenvalue weighted by Gasteiger charge is -2.51. The van der Waals surface area contributed by atoms with Crippen LogP contribution in [0, 0.1) is 16.7 Å². The quantitative estimate of drug-likeness (QED) is 0.771. The van der Waals surface area contributed by atoms with Crippen molar-refractivity contribution in [2.75, 3.05) is 12.4 Å². The molecule has 0 spiro atoms. The topological polar surface area (TPSA) is 79.2 Å². The van der Waals surface area contributed by atoms with Gasteiger partial charge in [-0.25, -0.2) is 13.1 Å². The van der Waals surface area contributed by atoms with Gasteiger partial charge in [0.1, 0.15) is 0 Å². The molecule has 0 amide bonds. The summed E-state index contributed by atoms with van der Waals surface area (Å²) in [5.74, 6) is -0.487. The van der Waals surface area contributed by atoms with Gasteiger partial charge in [-0.1, -0.05) is 13.8 Å². The van der Waals surface area contributed by atoms with Gasteiger partial charge in [0.25, 0.3) is 0 Å². The van der Waals surface area contributed by atoms with Gasteiger partial charge in [0, 0.05) is 18.1 Å². The number of hydrogen-bond acceptors (Lipinski definition) is 4. The summed E-state index contributed by atoms with van der Waals surface area (Å²) >= 11 is 0. The average Bonchev–Trinajstić information content (AvgIpc) is 2.16. The van der Waals surface area contributed by atoms with E-state index in [-0.39, 0.29) is 17.6 Å². The first-order chi connectivity index (χ1) is 7.33. The van der Waals surface area contributed by atoms with E-state index in [0.29, 0.717) is 13.0 Å². The third-order valence-corrected chi connectivity index (χ3v) is 4.27. The number of rotatable bonds is 5. The molecule has 0 heterocycles. The number of nitrogens with one attached hydrogen (secondary N) is 1. The van der Waals surface area contributed by atoms with Gasteiger partial charge in [0.15, 0.2) is 5.75 Å². The van der Waals surface area contributed by atoms with Crippen molar-refractivity contribution in [3.8, 4) is 6.07 Å². The molecule has 1 aliphatic rings. The number of nitriles is 1. The maximum atomic E-state index is 11.4. The predicted molar refractivity (Wildman–Crippen MR) is 60.1 cm³/mol. The molecule has 92 valence electrons. The molecule has 6 heteroatoms. The molecule has 0 aromatic heterocycles. The van der Waals surface area contributed by atoms with Gasteiger partial charge >= 0.3 is 0 Å². The van der Waals surface area contributed by atoms with Crippen LogP contribution in [0.4, 0.5) is 0 Å². The Labute approximate surface area is 96.8 Å². The van der Waals surface area contributed by atoms with E-state index in [2.05, 4.69) is 4.72 Å². The Morgan fingerprint density at radius 1 is 1.56 bits per heavy atom. The fourth-order valence-electron chi connectivity index (χ4n) is 1.91. The second-order valence-electron chi connectivity index (χ2n) is 4.59. The van der Waals surface area contributed by atoms with Crippen LogP contribution in [-0.4, -0.2) is 32.9 Å². The van der Waals surface area contributed by atoms with Crippen molar-refractivity contribution in [1.82, 2.24) is 4.72 Å². The summed E-state index contributed by atoms with van der Waals surface area (Å²) in [6.07, 6.45) is 0.762. The molecule has 0 saturated heterocycles. The van der Waals surface area contributed by atoms with E-state index >= 15 is 0 Å². The van der Waals surface area contributed by atoms with Crippen molar-refractivity contribution in [1.29, 1.82) is 5.26 Å². The van der Waals surface area contributed by atoms with Gasteiger partial charge in [0.05, 0.1) is 12.2 Å². The zero-order valence-corrected chi connectivity index (χ0v) is 10.7. The third kappa shape index (κ3) is 2.73. The lowest BCUT2D eigenvalue weighted by molar-refractivity contribution is -0.108. The van der Waals surface area contributed by atoms with Crippen molar-refractivity contribution in [3.05, 3.63) is 0 Å². The monoisotopic (exact) mass is 246 g/mol. The van der Waals surface area contributed by atoms with Crippen LogP contribution in [0.15, 0.2) is 0 Å². The maximum absolute atomic E-state index is 11.4. The minimum absolute atomic E-state index is 0.0901. The Kier molecular flexibility index (Phi) is 3.94. The molecule has 0 aromatic rings. The summed E-state index contributed by atoms with van der Waals surface area (Å²) in [6, 6.07) is 1.51. The van der Waals surface area contributed by atoms with Gasteiger partial charge < -0.3 is 4.74 Å². The predicted octanol–water partition coefficient (Wildman–Crippen LogP) is 0.633. The van der Waals surface area contributed by atoms with Crippen molar-refractivity contribution >= 4 is 10.0 Å². The highest BCUT2D eigenvalue weighted by atomic mass is 32.2. The smallest absolute Gasteiger partial charge is 0.225 e. The highest BCUT2D eigenvalue weighted by Crippen LogP contribution is 2.42. The standard InChI is InChI=1S/C10H18N2O3S/c1-4-15-9-7-8(10(9,2)3)12-16(13,14)6-5-11/h8-9,12H,4,6-7H2,1-3H3. The minimum atomic E-state index is -3.47. The second-order valence-corrected chi connectivity index (χ2v) is 6.34. The Bertz CT molecular complexity index is 383. The molecule has 5 nitrogen and oxygen atoms in total. The lowest BCUT2D eigenvalue weighted by Crippen LogP contribution is -2.62. The number of sulfonamides is 1. The minimum Gasteiger partial charge on any atom is -0.378 e. The third-order valence-electron chi connectivity index (χ3n) is 3.12. The first-order valence-electron chi connectivity index (χ1n) is 5.32. The normalized spacial score (nSPS) is 28.1. The SMILES string of the molecule is CCOC1CC(NS(=O)(=O)CC#N)C1(C)C. The maximum Gasteiger partial charge on any atom is 0.225 e. The molecule has 2 unspecified atom stereocenters. The molecule has 0 aromatic carbocycles. The average molecular weight is 246 g/mol. The van der Waals surface area contributed by atoms with Crippen LogP contribution in [0.5, 0.6) is 0 Å². The van der Waals surface area contributed by atoms with Crippen molar-refractivity contribution in [2.45, 2.75) is 39.3 Å². The van der Waals surface area contributed by atoms with Crippen molar-refractivity contribution in [3.63, 3.8) is 0 Å². The molecule has 1 saturated carbocycles. The summed E-state index contributed by atoms with van der Waals surface area (Å²) < 4.78 is 30.9. The highest BCUT2D eigenvalue weighted by molar-refractivity contribution is 7.89. The van der Waals surface area contributed by atoms with E-state index in [9.17, 15) is 8.42 Å². The Morgan fingerprint density at radius 3 is 2.62 bits per heavy atom. The Hall–Kier alpha value is -0.640. The van der Waals surface area contributed by atoms with Gasteiger partial charge in [-0.3, -0.25) is 0 Å². The van der Waals surface area contributed by atoms with Crippen LogP contribution < -0.4 is 4.72 Å². The van der Waals surface area contributed by atoms with Crippen LogP contribution in [0.25, 0.3) is 0 Å². The summed E-state index contributed by atoms with van der Waals surface area (Å²) in [4.78, 5) is 0. The molecule has 16 heavy (non-hydrogen) atoms. The van der Waals surface area contributed by atoms with E-state index in [0.717, 1.165) is 0 Å².